The number of nitrogens with zero attached hydrogens (tertiary/aromatic N) is 2. The Morgan fingerprint density at radius 3 is 2.62 bits per heavy atom. The van der Waals surface area contributed by atoms with Crippen molar-refractivity contribution in [2.24, 2.45) is 0 Å². The minimum Gasteiger partial charge on any atom is -0.348 e. The van der Waals surface area contributed by atoms with Crippen molar-refractivity contribution in [3.63, 3.8) is 0 Å². The number of fused-ring (bicyclic) bond motifs is 1. The molecule has 0 saturated carbocycles. The summed E-state index contributed by atoms with van der Waals surface area (Å²) in [5, 5.41) is 2.75. The lowest BCUT2D eigenvalue weighted by molar-refractivity contribution is -0.137. The molecule has 2 heterocycles. The fraction of sp³-hybridized carbons (Fsp3) is 0.240. The Bertz CT molecular complexity index is 1140. The van der Waals surface area contributed by atoms with Crippen LogP contribution >= 0.6 is 0 Å². The molecular weight excluding hydrogens is 415 g/mol. The van der Waals surface area contributed by atoms with E-state index in [1.807, 2.05) is 30.5 Å². The predicted molar refractivity (Wildman–Crippen MR) is 116 cm³/mol. The highest BCUT2D eigenvalue weighted by Crippen LogP contribution is 2.32. The number of nitrogens with one attached hydrogen (secondary N) is 1. The van der Waals surface area contributed by atoms with Crippen LogP contribution in [0.1, 0.15) is 28.4 Å². The normalized spacial score (nSPS) is 16.0. The number of aromatic nitrogens is 1. The van der Waals surface area contributed by atoms with Gasteiger partial charge in [-0.3, -0.25) is 9.69 Å². The van der Waals surface area contributed by atoms with E-state index >= 15 is 0 Å². The highest BCUT2D eigenvalue weighted by atomic mass is 19.4. The zero-order valence-electron chi connectivity index (χ0n) is 17.3. The molecular formula is C25H22F3N3O. The summed E-state index contributed by atoms with van der Waals surface area (Å²) in [6, 6.07) is 18.9. The number of carbonyl (C=O) groups excluding carboxylic acids is 1. The van der Waals surface area contributed by atoms with E-state index in [-0.39, 0.29) is 30.6 Å². The molecule has 4 nitrogen and oxygen atoms in total. The first-order valence-corrected chi connectivity index (χ1v) is 10.3. The highest BCUT2D eigenvalue weighted by Gasteiger charge is 2.31. The number of benzene rings is 2. The molecule has 1 aliphatic rings. The van der Waals surface area contributed by atoms with Crippen molar-refractivity contribution in [2.45, 2.75) is 18.8 Å². The van der Waals surface area contributed by atoms with E-state index in [1.165, 1.54) is 12.1 Å². The molecule has 3 aromatic rings. The molecule has 1 aliphatic heterocycles. The van der Waals surface area contributed by atoms with Crippen LogP contribution < -0.4 is 5.32 Å². The molecule has 1 unspecified atom stereocenters. The van der Waals surface area contributed by atoms with Crippen molar-refractivity contribution < 1.29 is 18.0 Å². The quantitative estimate of drug-likeness (QED) is 0.625. The first-order valence-electron chi connectivity index (χ1n) is 10.3. The third-order valence-electron chi connectivity index (χ3n) is 5.40. The molecule has 0 fully saturated rings. The summed E-state index contributed by atoms with van der Waals surface area (Å²) in [7, 11) is 0. The van der Waals surface area contributed by atoms with E-state index in [0.29, 0.717) is 0 Å². The first kappa shape index (κ1) is 21.7. The van der Waals surface area contributed by atoms with Gasteiger partial charge in [0.1, 0.15) is 0 Å². The van der Waals surface area contributed by atoms with Gasteiger partial charge in [-0.15, -0.1) is 0 Å². The fourth-order valence-electron chi connectivity index (χ4n) is 3.92. The number of hydrogen-bond acceptors (Lipinski definition) is 2. The maximum absolute atomic E-state index is 12.8. The lowest BCUT2D eigenvalue weighted by atomic mass is 10.00. The Labute approximate surface area is 184 Å². The van der Waals surface area contributed by atoms with Crippen molar-refractivity contribution >= 4 is 5.91 Å². The molecule has 1 atom stereocenters. The third-order valence-corrected chi connectivity index (χ3v) is 5.40. The fourth-order valence-corrected chi connectivity index (χ4v) is 3.92. The minimum atomic E-state index is -4.41. The molecule has 0 bridgehead atoms. The van der Waals surface area contributed by atoms with E-state index in [4.69, 9.17) is 0 Å². The summed E-state index contributed by atoms with van der Waals surface area (Å²) in [6.07, 6.45) is -2.36. The lowest BCUT2D eigenvalue weighted by Gasteiger charge is -2.36. The molecule has 0 aliphatic carbocycles. The van der Waals surface area contributed by atoms with Gasteiger partial charge in [0.25, 0.3) is 0 Å². The predicted octanol–water partition coefficient (Wildman–Crippen LogP) is 4.08. The van der Waals surface area contributed by atoms with Crippen LogP contribution in [0.2, 0.25) is 0 Å². The summed E-state index contributed by atoms with van der Waals surface area (Å²) < 4.78 is 40.6. The van der Waals surface area contributed by atoms with Crippen molar-refractivity contribution in [1.29, 1.82) is 0 Å². The van der Waals surface area contributed by atoms with Crippen LogP contribution in [0.5, 0.6) is 0 Å². The molecule has 0 spiro atoms. The van der Waals surface area contributed by atoms with Gasteiger partial charge in [0.2, 0.25) is 5.91 Å². The summed E-state index contributed by atoms with van der Waals surface area (Å²) in [6.45, 7) is 1.80. The van der Waals surface area contributed by atoms with Gasteiger partial charge in [-0.25, -0.2) is 0 Å². The van der Waals surface area contributed by atoms with Crippen LogP contribution in [0.4, 0.5) is 13.2 Å². The number of halogens is 3. The summed E-state index contributed by atoms with van der Waals surface area (Å²) in [5.74, 6) is 5.23. The molecule has 4 rings (SSSR count). The standard InChI is InChI=1S/C25H22F3N3O/c26-25(27,28)21-11-4-7-19(17-21)8-5-13-29-23(32)18-31-16-15-30-14-6-12-22(30)24(31)20-9-2-1-3-10-20/h1-4,6-7,9-12,14,17,24H,13,15-16,18H2,(H,29,32). The van der Waals surface area contributed by atoms with Crippen LogP contribution in [0.25, 0.3) is 0 Å². The number of alkyl halides is 3. The van der Waals surface area contributed by atoms with Gasteiger partial charge in [0, 0.05) is 30.5 Å². The minimum absolute atomic E-state index is 0.0260. The Morgan fingerprint density at radius 1 is 1.03 bits per heavy atom. The largest absolute Gasteiger partial charge is 0.416 e. The van der Waals surface area contributed by atoms with Crippen LogP contribution in [-0.2, 0) is 17.5 Å². The van der Waals surface area contributed by atoms with E-state index in [9.17, 15) is 18.0 Å². The van der Waals surface area contributed by atoms with E-state index in [1.54, 1.807) is 0 Å². The third kappa shape index (κ3) is 5.04. The van der Waals surface area contributed by atoms with E-state index in [0.717, 1.165) is 36.5 Å². The van der Waals surface area contributed by atoms with Gasteiger partial charge < -0.3 is 9.88 Å². The van der Waals surface area contributed by atoms with Crippen molar-refractivity contribution in [2.75, 3.05) is 19.6 Å². The van der Waals surface area contributed by atoms with Crippen LogP contribution in [0, 0.1) is 11.8 Å². The second kappa shape index (κ2) is 9.33. The van der Waals surface area contributed by atoms with Crippen molar-refractivity contribution in [1.82, 2.24) is 14.8 Å². The van der Waals surface area contributed by atoms with Crippen molar-refractivity contribution in [3.05, 3.63) is 95.3 Å². The molecule has 32 heavy (non-hydrogen) atoms. The van der Waals surface area contributed by atoms with Crippen LogP contribution in [-0.4, -0.2) is 35.0 Å². The Balaban J connectivity index is 1.39. The molecule has 0 radical (unpaired) electrons. The van der Waals surface area contributed by atoms with Gasteiger partial charge in [-0.1, -0.05) is 48.2 Å². The molecule has 1 amide bonds. The van der Waals surface area contributed by atoms with Gasteiger partial charge in [0.05, 0.1) is 24.7 Å². The molecule has 1 aromatic heterocycles. The number of rotatable bonds is 4. The Kier molecular flexibility index (Phi) is 6.33. The average Bonchev–Trinajstić information content (AvgIpc) is 3.26. The van der Waals surface area contributed by atoms with Gasteiger partial charge >= 0.3 is 6.18 Å². The average molecular weight is 437 g/mol. The van der Waals surface area contributed by atoms with Gasteiger partial charge in [-0.05, 0) is 35.9 Å². The Morgan fingerprint density at radius 2 is 1.84 bits per heavy atom. The number of hydrogen-bond donors (Lipinski definition) is 1. The summed E-state index contributed by atoms with van der Waals surface area (Å²) in [5.41, 5.74) is 1.77. The topological polar surface area (TPSA) is 37.3 Å². The molecule has 7 heteroatoms. The van der Waals surface area contributed by atoms with Crippen LogP contribution in [0.3, 0.4) is 0 Å². The van der Waals surface area contributed by atoms with E-state index in [2.05, 4.69) is 44.8 Å². The molecule has 0 saturated heterocycles. The SMILES string of the molecule is O=C(CN1CCn2cccc2C1c1ccccc1)NCC#Cc1cccc(C(F)(F)F)c1. The summed E-state index contributed by atoms with van der Waals surface area (Å²) in [4.78, 5) is 14.7. The zero-order chi connectivity index (χ0) is 22.6. The van der Waals surface area contributed by atoms with Gasteiger partial charge in [-0.2, -0.15) is 13.2 Å². The second-order valence-electron chi connectivity index (χ2n) is 7.57. The first-order chi connectivity index (χ1) is 15.4. The van der Waals surface area contributed by atoms with Crippen molar-refractivity contribution in [3.8, 4) is 11.8 Å². The maximum atomic E-state index is 12.8. The van der Waals surface area contributed by atoms with E-state index < -0.39 is 11.7 Å². The highest BCUT2D eigenvalue weighted by molar-refractivity contribution is 5.78. The van der Waals surface area contributed by atoms with Gasteiger partial charge in [0.15, 0.2) is 0 Å². The van der Waals surface area contributed by atoms with Crippen LogP contribution in [0.15, 0.2) is 72.9 Å². The second-order valence-corrected chi connectivity index (χ2v) is 7.57. The summed E-state index contributed by atoms with van der Waals surface area (Å²) >= 11 is 0. The number of carbonyl (C=O) groups is 1. The smallest absolute Gasteiger partial charge is 0.348 e. The molecule has 2 aromatic carbocycles. The molecule has 164 valence electrons. The number of amides is 1. The Hall–Kier alpha value is -3.50. The lowest BCUT2D eigenvalue weighted by Crippen LogP contribution is -2.44. The molecule has 1 N–H and O–H groups in total. The zero-order valence-corrected chi connectivity index (χ0v) is 17.3. The monoisotopic (exact) mass is 437 g/mol. The maximum Gasteiger partial charge on any atom is 0.416 e.